The van der Waals surface area contributed by atoms with Gasteiger partial charge in [-0.2, -0.15) is 0 Å². The average molecular weight is 155 g/mol. The predicted octanol–water partition coefficient (Wildman–Crippen LogP) is 0.677. The molecular weight excluding hydrogens is 148 g/mol. The van der Waals surface area contributed by atoms with Crippen LogP contribution in [0.25, 0.3) is 0 Å². The lowest BCUT2D eigenvalue weighted by molar-refractivity contribution is 0.205. The average Bonchev–Trinajstić information content (AvgIpc) is 2.44. The zero-order chi connectivity index (χ0) is 6.97. The molecule has 0 spiro atoms. The maximum atomic E-state index is 10.5. The second-order valence-electron chi connectivity index (χ2n) is 2.19. The van der Waals surface area contributed by atoms with Crippen LogP contribution in [0.2, 0.25) is 0 Å². The van der Waals surface area contributed by atoms with Gasteiger partial charge < -0.3 is 4.90 Å². The van der Waals surface area contributed by atoms with Crippen LogP contribution < -0.4 is 0 Å². The van der Waals surface area contributed by atoms with Crippen LogP contribution in [0, 0.1) is 0 Å². The van der Waals surface area contributed by atoms with Gasteiger partial charge in [-0.25, -0.2) is 5.11 Å². The van der Waals surface area contributed by atoms with E-state index in [1.807, 2.05) is 10.3 Å². The molecule has 2 aliphatic heterocycles. The zero-order valence-corrected chi connectivity index (χ0v) is 6.23. The zero-order valence-electron chi connectivity index (χ0n) is 5.41. The number of rotatable bonds is 1. The van der Waals surface area contributed by atoms with Gasteiger partial charge in [-0.1, -0.05) is 11.8 Å². The summed E-state index contributed by atoms with van der Waals surface area (Å²) in [6.45, 7) is 1.63. The summed E-state index contributed by atoms with van der Waals surface area (Å²) in [4.78, 5) is 6.21. The van der Waals surface area contributed by atoms with Crippen LogP contribution in [0.15, 0.2) is 16.1 Å². The van der Waals surface area contributed by atoms with Gasteiger partial charge in [0.05, 0.1) is 12.2 Å². The minimum absolute atomic E-state index is 0.119. The number of hydrogen-bond donors (Lipinski definition) is 0. The van der Waals surface area contributed by atoms with E-state index < -0.39 is 0 Å². The molecule has 0 N–H and O–H groups in total. The monoisotopic (exact) mass is 155 g/mol. The smallest absolute Gasteiger partial charge is 0.168 e. The summed E-state index contributed by atoms with van der Waals surface area (Å²) in [5, 5.41) is 13.4. The van der Waals surface area contributed by atoms with Gasteiger partial charge in [0.1, 0.15) is 6.61 Å². The van der Waals surface area contributed by atoms with Crippen molar-refractivity contribution in [3.63, 3.8) is 0 Å². The third-order valence-corrected chi connectivity index (χ3v) is 2.55. The highest BCUT2D eigenvalue weighted by atomic mass is 32.2. The van der Waals surface area contributed by atoms with Crippen LogP contribution in [0.1, 0.15) is 0 Å². The van der Waals surface area contributed by atoms with Crippen molar-refractivity contribution in [1.82, 2.24) is 4.90 Å². The predicted molar refractivity (Wildman–Crippen MR) is 40.2 cm³/mol. The van der Waals surface area contributed by atoms with E-state index in [1.165, 1.54) is 0 Å². The van der Waals surface area contributed by atoms with Gasteiger partial charge in [-0.05, 0) is 0 Å². The number of hydrogen-bond acceptors (Lipinski definition) is 3. The lowest BCUT2D eigenvalue weighted by Crippen LogP contribution is -2.22. The molecule has 3 nitrogen and oxygen atoms in total. The van der Waals surface area contributed by atoms with Crippen molar-refractivity contribution in [3.8, 4) is 0 Å². The molecule has 2 rings (SSSR count). The Labute approximate surface area is 63.4 Å². The largest absolute Gasteiger partial charge is 0.320 e. The van der Waals surface area contributed by atoms with Crippen molar-refractivity contribution in [2.24, 2.45) is 4.99 Å². The van der Waals surface area contributed by atoms with Crippen molar-refractivity contribution >= 4 is 16.9 Å². The molecule has 0 saturated heterocycles. The van der Waals surface area contributed by atoms with Gasteiger partial charge >= 0.3 is 0 Å². The van der Waals surface area contributed by atoms with E-state index in [9.17, 15) is 5.11 Å². The molecule has 0 unspecified atom stereocenters. The molecule has 0 saturated carbocycles. The molecule has 0 aliphatic carbocycles. The topological polar surface area (TPSA) is 35.5 Å². The van der Waals surface area contributed by atoms with Crippen LogP contribution in [0.4, 0.5) is 0 Å². The Hall–Kier alpha value is -0.480. The summed E-state index contributed by atoms with van der Waals surface area (Å²) >= 11 is 1.56. The number of thioether (sulfide) groups is 1. The first-order valence-corrected chi connectivity index (χ1v) is 4.05. The Balaban J connectivity index is 2.20. The van der Waals surface area contributed by atoms with Crippen LogP contribution in [0.5, 0.6) is 0 Å². The van der Waals surface area contributed by atoms with E-state index in [1.54, 1.807) is 11.8 Å². The molecule has 0 amide bonds. The maximum absolute atomic E-state index is 10.5. The van der Waals surface area contributed by atoms with Crippen LogP contribution in [0.3, 0.4) is 0 Å². The molecule has 0 aromatic rings. The summed E-state index contributed by atoms with van der Waals surface area (Å²) in [5.74, 6) is 0. The number of fused-ring (bicyclic) bond motifs is 1. The Morgan fingerprint density at radius 2 is 2.70 bits per heavy atom. The first-order valence-electron chi connectivity index (χ1n) is 3.17. The SMILES string of the molecule is [O]CC1=CSC2=NCCN12. The second-order valence-corrected chi connectivity index (χ2v) is 3.02. The summed E-state index contributed by atoms with van der Waals surface area (Å²) in [6, 6.07) is 0. The minimum atomic E-state index is -0.119. The molecule has 10 heavy (non-hydrogen) atoms. The van der Waals surface area contributed by atoms with Gasteiger partial charge in [0.2, 0.25) is 0 Å². The molecule has 0 atom stereocenters. The molecule has 1 radical (unpaired) electrons. The van der Waals surface area contributed by atoms with Crippen LogP contribution >= 0.6 is 11.8 Å². The summed E-state index contributed by atoms with van der Waals surface area (Å²) < 4.78 is 0. The van der Waals surface area contributed by atoms with E-state index in [4.69, 9.17) is 0 Å². The standard InChI is InChI=1S/C6H7N2OS/c9-3-5-4-10-6-7-1-2-8(5)6/h4H,1-3H2. The number of aliphatic imine (C=N–C) groups is 1. The van der Waals surface area contributed by atoms with E-state index in [-0.39, 0.29) is 6.61 Å². The fourth-order valence-corrected chi connectivity index (χ4v) is 2.03. The molecule has 53 valence electrons. The van der Waals surface area contributed by atoms with E-state index in [2.05, 4.69) is 4.99 Å². The second kappa shape index (κ2) is 2.29. The maximum Gasteiger partial charge on any atom is 0.168 e. The van der Waals surface area contributed by atoms with E-state index in [0.717, 1.165) is 24.0 Å². The molecular formula is C6H7N2OS. The minimum Gasteiger partial charge on any atom is -0.320 e. The highest BCUT2D eigenvalue weighted by molar-refractivity contribution is 8.16. The molecule has 2 heterocycles. The van der Waals surface area contributed by atoms with Gasteiger partial charge in [-0.15, -0.1) is 0 Å². The molecule has 0 bridgehead atoms. The van der Waals surface area contributed by atoms with Crippen molar-refractivity contribution in [2.75, 3.05) is 19.7 Å². The Morgan fingerprint density at radius 3 is 3.50 bits per heavy atom. The van der Waals surface area contributed by atoms with Gasteiger partial charge in [0, 0.05) is 12.0 Å². The summed E-state index contributed by atoms with van der Waals surface area (Å²) in [5.41, 5.74) is 0.876. The van der Waals surface area contributed by atoms with Crippen LogP contribution in [-0.2, 0) is 5.11 Å². The highest BCUT2D eigenvalue weighted by Crippen LogP contribution is 2.28. The lowest BCUT2D eigenvalue weighted by Gasteiger charge is -2.12. The fraction of sp³-hybridized carbons (Fsp3) is 0.500. The summed E-state index contributed by atoms with van der Waals surface area (Å²) in [7, 11) is 0. The molecule has 0 aromatic carbocycles. The molecule has 0 fully saturated rings. The third kappa shape index (κ3) is 0.759. The lowest BCUT2D eigenvalue weighted by atomic mass is 10.4. The fourth-order valence-electron chi connectivity index (χ4n) is 1.09. The van der Waals surface area contributed by atoms with Crippen molar-refractivity contribution in [2.45, 2.75) is 0 Å². The Bertz CT molecular complexity index is 212. The molecule has 4 heteroatoms. The number of nitrogens with zero attached hydrogens (tertiary/aromatic N) is 2. The van der Waals surface area contributed by atoms with Crippen molar-refractivity contribution in [1.29, 1.82) is 0 Å². The van der Waals surface area contributed by atoms with Crippen molar-refractivity contribution < 1.29 is 5.11 Å². The Morgan fingerprint density at radius 1 is 1.80 bits per heavy atom. The van der Waals surface area contributed by atoms with Gasteiger partial charge in [0.15, 0.2) is 5.17 Å². The van der Waals surface area contributed by atoms with Crippen molar-refractivity contribution in [3.05, 3.63) is 11.1 Å². The van der Waals surface area contributed by atoms with Gasteiger partial charge in [-0.3, -0.25) is 4.99 Å². The highest BCUT2D eigenvalue weighted by Gasteiger charge is 2.25. The van der Waals surface area contributed by atoms with E-state index >= 15 is 0 Å². The molecule has 0 aromatic heterocycles. The quantitative estimate of drug-likeness (QED) is 0.558. The third-order valence-electron chi connectivity index (χ3n) is 1.60. The normalized spacial score (nSPS) is 22.7. The molecule has 2 aliphatic rings. The Kier molecular flexibility index (Phi) is 1.43. The number of amidine groups is 1. The summed E-state index contributed by atoms with van der Waals surface area (Å²) in [6.07, 6.45) is 0. The van der Waals surface area contributed by atoms with Crippen LogP contribution in [-0.4, -0.2) is 29.8 Å². The van der Waals surface area contributed by atoms with Gasteiger partial charge in [0.25, 0.3) is 0 Å². The first kappa shape index (κ1) is 6.24. The van der Waals surface area contributed by atoms with E-state index in [0.29, 0.717) is 0 Å². The first-order chi connectivity index (χ1) is 4.92.